The van der Waals surface area contributed by atoms with Gasteiger partial charge in [-0.25, -0.2) is 9.07 Å². The Morgan fingerprint density at radius 2 is 1.77 bits per heavy atom. The molecule has 2 amide bonds. The van der Waals surface area contributed by atoms with Crippen LogP contribution in [0.15, 0.2) is 54.6 Å². The van der Waals surface area contributed by atoms with Gasteiger partial charge in [-0.15, -0.1) is 0 Å². The Balaban J connectivity index is 1.36. The number of benzene rings is 2. The Bertz CT molecular complexity index is 1050. The van der Waals surface area contributed by atoms with E-state index in [0.29, 0.717) is 17.9 Å². The lowest BCUT2D eigenvalue weighted by Gasteiger charge is -2.07. The molecule has 6 nitrogen and oxygen atoms in total. The molecule has 3 aromatic rings. The van der Waals surface area contributed by atoms with Gasteiger partial charge in [-0.1, -0.05) is 30.3 Å². The molecule has 4 rings (SSSR count). The fourth-order valence-corrected chi connectivity index (χ4v) is 3.71. The van der Waals surface area contributed by atoms with Gasteiger partial charge in [0.1, 0.15) is 5.82 Å². The van der Waals surface area contributed by atoms with Gasteiger partial charge in [0.25, 0.3) is 5.91 Å². The van der Waals surface area contributed by atoms with Crippen molar-refractivity contribution in [3.05, 3.63) is 82.9 Å². The zero-order valence-electron chi connectivity index (χ0n) is 16.5. The molecule has 1 aliphatic carbocycles. The van der Waals surface area contributed by atoms with Crippen LogP contribution in [-0.4, -0.2) is 34.7 Å². The first kappa shape index (κ1) is 19.8. The Labute approximate surface area is 174 Å². The van der Waals surface area contributed by atoms with Crippen LogP contribution < -0.4 is 10.6 Å². The molecule has 0 bridgehead atoms. The van der Waals surface area contributed by atoms with E-state index in [4.69, 9.17) is 0 Å². The van der Waals surface area contributed by atoms with Gasteiger partial charge in [-0.3, -0.25) is 9.59 Å². The number of fused-ring (bicyclic) bond motifs is 1. The first-order valence-corrected chi connectivity index (χ1v) is 10.1. The first-order chi connectivity index (χ1) is 14.6. The van der Waals surface area contributed by atoms with E-state index in [-0.39, 0.29) is 24.2 Å². The minimum atomic E-state index is -0.368. The molecule has 0 fully saturated rings. The highest BCUT2D eigenvalue weighted by atomic mass is 19.1. The number of aromatic nitrogens is 2. The van der Waals surface area contributed by atoms with Gasteiger partial charge in [-0.05, 0) is 55.5 Å². The van der Waals surface area contributed by atoms with Crippen molar-refractivity contribution in [2.45, 2.75) is 25.7 Å². The number of nitrogens with zero attached hydrogens (tertiary/aromatic N) is 2. The largest absolute Gasteiger partial charge is 0.354 e. The highest BCUT2D eigenvalue weighted by Gasteiger charge is 2.27. The van der Waals surface area contributed by atoms with Crippen molar-refractivity contribution < 1.29 is 14.0 Å². The van der Waals surface area contributed by atoms with Gasteiger partial charge in [0.2, 0.25) is 5.91 Å². The molecule has 0 spiro atoms. The fourth-order valence-electron chi connectivity index (χ4n) is 3.71. The summed E-state index contributed by atoms with van der Waals surface area (Å²) in [5.41, 5.74) is 4.07. The molecule has 0 saturated heterocycles. The van der Waals surface area contributed by atoms with E-state index in [1.54, 1.807) is 16.8 Å². The number of nitrogens with one attached hydrogen (secondary N) is 2. The number of hydrogen-bond donors (Lipinski definition) is 2. The van der Waals surface area contributed by atoms with E-state index in [0.717, 1.165) is 42.5 Å². The van der Waals surface area contributed by atoms with Crippen molar-refractivity contribution in [1.82, 2.24) is 20.4 Å². The quantitative estimate of drug-likeness (QED) is 0.633. The van der Waals surface area contributed by atoms with Gasteiger partial charge in [0, 0.05) is 17.8 Å². The third kappa shape index (κ3) is 4.40. The van der Waals surface area contributed by atoms with Crippen LogP contribution in [-0.2, 0) is 24.1 Å². The highest BCUT2D eigenvalue weighted by molar-refractivity contribution is 5.96. The molecule has 7 heteroatoms. The van der Waals surface area contributed by atoms with Crippen molar-refractivity contribution in [2.24, 2.45) is 0 Å². The molecule has 1 aromatic heterocycles. The Morgan fingerprint density at radius 3 is 2.53 bits per heavy atom. The van der Waals surface area contributed by atoms with Gasteiger partial charge in [0.05, 0.1) is 12.2 Å². The lowest BCUT2D eigenvalue weighted by molar-refractivity contribution is -0.120. The third-order valence-electron chi connectivity index (χ3n) is 5.20. The summed E-state index contributed by atoms with van der Waals surface area (Å²) in [7, 11) is 0. The lowest BCUT2D eigenvalue weighted by Crippen LogP contribution is -2.38. The summed E-state index contributed by atoms with van der Waals surface area (Å²) in [5, 5.41) is 9.94. The average molecular weight is 406 g/mol. The molecule has 30 heavy (non-hydrogen) atoms. The van der Waals surface area contributed by atoms with Crippen molar-refractivity contribution in [1.29, 1.82) is 0 Å². The van der Waals surface area contributed by atoms with Gasteiger partial charge < -0.3 is 10.6 Å². The van der Waals surface area contributed by atoms with Crippen LogP contribution in [0.5, 0.6) is 0 Å². The summed E-state index contributed by atoms with van der Waals surface area (Å²) in [5.74, 6) is -0.931. The number of hydrogen-bond acceptors (Lipinski definition) is 3. The summed E-state index contributed by atoms with van der Waals surface area (Å²) < 4.78 is 14.9. The zero-order valence-corrected chi connectivity index (χ0v) is 16.5. The predicted octanol–water partition coefficient (Wildman–Crippen LogP) is 2.59. The van der Waals surface area contributed by atoms with Gasteiger partial charge >= 0.3 is 0 Å². The lowest BCUT2D eigenvalue weighted by atomic mass is 10.1. The van der Waals surface area contributed by atoms with E-state index in [1.807, 2.05) is 30.3 Å². The van der Waals surface area contributed by atoms with E-state index in [9.17, 15) is 14.0 Å². The van der Waals surface area contributed by atoms with Crippen LogP contribution in [0.3, 0.4) is 0 Å². The van der Waals surface area contributed by atoms with Crippen LogP contribution in [0.25, 0.3) is 5.69 Å². The number of rotatable bonds is 7. The third-order valence-corrected chi connectivity index (χ3v) is 5.20. The molecule has 0 unspecified atom stereocenters. The Hall–Kier alpha value is -3.48. The second-order valence-electron chi connectivity index (χ2n) is 7.28. The van der Waals surface area contributed by atoms with Crippen molar-refractivity contribution >= 4 is 11.8 Å². The maximum atomic E-state index is 13.2. The minimum Gasteiger partial charge on any atom is -0.354 e. The van der Waals surface area contributed by atoms with Crippen molar-refractivity contribution in [3.63, 3.8) is 0 Å². The van der Waals surface area contributed by atoms with Crippen molar-refractivity contribution in [2.75, 3.05) is 13.1 Å². The smallest absolute Gasteiger partial charge is 0.272 e. The monoisotopic (exact) mass is 406 g/mol. The number of halogens is 1. The molecule has 1 aliphatic rings. The normalized spacial score (nSPS) is 12.4. The van der Waals surface area contributed by atoms with E-state index < -0.39 is 0 Å². The summed E-state index contributed by atoms with van der Waals surface area (Å²) >= 11 is 0. The summed E-state index contributed by atoms with van der Waals surface area (Å²) in [6.07, 6.45) is 3.25. The van der Waals surface area contributed by atoms with Crippen LogP contribution >= 0.6 is 0 Å². The number of carbonyl (C=O) groups is 2. The molecule has 0 atom stereocenters. The second kappa shape index (κ2) is 8.90. The first-order valence-electron chi connectivity index (χ1n) is 10.1. The summed E-state index contributed by atoms with van der Waals surface area (Å²) in [6, 6.07) is 15.9. The molecule has 154 valence electrons. The van der Waals surface area contributed by atoms with E-state index in [2.05, 4.69) is 15.7 Å². The average Bonchev–Trinajstić information content (AvgIpc) is 3.36. The van der Waals surface area contributed by atoms with Crippen LogP contribution in [0.2, 0.25) is 0 Å². The molecule has 0 saturated carbocycles. The second-order valence-corrected chi connectivity index (χ2v) is 7.28. The summed E-state index contributed by atoms with van der Waals surface area (Å²) in [6.45, 7) is 0.402. The molecule has 2 N–H and O–H groups in total. The molecule has 0 aliphatic heterocycles. The Morgan fingerprint density at radius 1 is 1.00 bits per heavy atom. The predicted molar refractivity (Wildman–Crippen MR) is 111 cm³/mol. The number of carbonyl (C=O) groups excluding carboxylic acids is 2. The standard InChI is InChI=1S/C23H23FN4O2/c24-17-9-11-18(12-10-17)28-20-8-4-7-19(20)22(27-28)23(30)26-15-21(29)25-14-13-16-5-2-1-3-6-16/h1-3,5-6,9-12H,4,7-8,13-15H2,(H,25,29)(H,26,30). The maximum absolute atomic E-state index is 13.2. The SMILES string of the molecule is O=C(CNC(=O)c1nn(-c2ccc(F)cc2)c2c1CCC2)NCCc1ccccc1. The molecule has 2 aromatic carbocycles. The van der Waals surface area contributed by atoms with Gasteiger partial charge in [-0.2, -0.15) is 5.10 Å². The van der Waals surface area contributed by atoms with Crippen LogP contribution in [0, 0.1) is 5.82 Å². The molecular weight excluding hydrogens is 383 g/mol. The molecule has 0 radical (unpaired) electrons. The zero-order chi connectivity index (χ0) is 20.9. The van der Waals surface area contributed by atoms with Crippen molar-refractivity contribution in [3.8, 4) is 5.69 Å². The molecular formula is C23H23FN4O2. The van der Waals surface area contributed by atoms with Gasteiger partial charge in [0.15, 0.2) is 5.69 Å². The molecule has 1 heterocycles. The topological polar surface area (TPSA) is 76.0 Å². The maximum Gasteiger partial charge on any atom is 0.272 e. The van der Waals surface area contributed by atoms with Crippen LogP contribution in [0.4, 0.5) is 4.39 Å². The van der Waals surface area contributed by atoms with E-state index >= 15 is 0 Å². The van der Waals surface area contributed by atoms with E-state index in [1.165, 1.54) is 12.1 Å². The fraction of sp³-hybridized carbons (Fsp3) is 0.261. The number of amides is 2. The highest BCUT2D eigenvalue weighted by Crippen LogP contribution is 2.27. The minimum absolute atomic E-state index is 0.105. The summed E-state index contributed by atoms with van der Waals surface area (Å²) in [4.78, 5) is 24.8. The van der Waals surface area contributed by atoms with Crippen LogP contribution in [0.1, 0.15) is 33.7 Å². The Kier molecular flexibility index (Phi) is 5.88.